The number of para-hydroxylation sites is 1. The molecule has 0 aliphatic carbocycles. The van der Waals surface area contributed by atoms with Crippen LogP contribution in [0.15, 0.2) is 78.9 Å². The van der Waals surface area contributed by atoms with Gasteiger partial charge in [-0.3, -0.25) is 4.79 Å². The van der Waals surface area contributed by atoms with E-state index in [0.717, 1.165) is 28.2 Å². The lowest BCUT2D eigenvalue weighted by molar-refractivity contribution is -0.119. The molecule has 0 unspecified atom stereocenters. The first kappa shape index (κ1) is 23.3. The van der Waals surface area contributed by atoms with Crippen LogP contribution in [0.1, 0.15) is 32.9 Å². The second-order valence-electron chi connectivity index (χ2n) is 7.89. The normalized spacial score (nSPS) is 10.7. The van der Waals surface area contributed by atoms with E-state index < -0.39 is 11.9 Å². The Morgan fingerprint density at radius 1 is 0.941 bits per heavy atom. The quantitative estimate of drug-likeness (QED) is 0.358. The molecule has 0 radical (unpaired) electrons. The number of amides is 1. The molecule has 4 aromatic rings. The first-order valence-corrected chi connectivity index (χ1v) is 11.2. The van der Waals surface area contributed by atoms with Crippen LogP contribution in [0.3, 0.4) is 0 Å². The molecule has 0 atom stereocenters. The number of carbonyl (C=O) groups is 2. The average Bonchev–Trinajstić information content (AvgIpc) is 3.11. The summed E-state index contributed by atoms with van der Waals surface area (Å²) in [7, 11) is 0. The minimum atomic E-state index is -0.578. The second kappa shape index (κ2) is 10.4. The highest BCUT2D eigenvalue weighted by atomic mass is 35.5. The summed E-state index contributed by atoms with van der Waals surface area (Å²) in [6, 6.07) is 24.4. The Bertz CT molecular complexity index is 1310. The van der Waals surface area contributed by atoms with Gasteiger partial charge in [-0.15, -0.1) is 0 Å². The molecular formula is C27H24ClN3O3. The highest BCUT2D eigenvalue weighted by Crippen LogP contribution is 2.23. The van der Waals surface area contributed by atoms with Crippen molar-refractivity contribution in [2.75, 3.05) is 11.9 Å². The molecular weight excluding hydrogens is 450 g/mol. The molecule has 0 aliphatic rings. The van der Waals surface area contributed by atoms with Crippen LogP contribution in [0, 0.1) is 13.8 Å². The largest absolute Gasteiger partial charge is 0.452 e. The third kappa shape index (κ3) is 5.35. The number of halogens is 1. The Labute approximate surface area is 203 Å². The Balaban J connectivity index is 1.36. The highest BCUT2D eigenvalue weighted by Gasteiger charge is 2.14. The summed E-state index contributed by atoms with van der Waals surface area (Å²) in [6.45, 7) is 3.33. The van der Waals surface area contributed by atoms with Crippen molar-refractivity contribution in [3.63, 3.8) is 0 Å². The SMILES string of the molecule is Cc1nn(-c2ccc(C(=O)OCC(=O)Nc3ccccc3Cc3ccccc3)cc2)c(C)c1Cl. The van der Waals surface area contributed by atoms with Crippen molar-refractivity contribution in [2.45, 2.75) is 20.3 Å². The first-order valence-electron chi connectivity index (χ1n) is 10.8. The molecule has 3 aromatic carbocycles. The smallest absolute Gasteiger partial charge is 0.338 e. The van der Waals surface area contributed by atoms with Gasteiger partial charge in [-0.05, 0) is 61.7 Å². The number of rotatable bonds is 7. The lowest BCUT2D eigenvalue weighted by Crippen LogP contribution is -2.21. The van der Waals surface area contributed by atoms with Crippen LogP contribution in [0.5, 0.6) is 0 Å². The van der Waals surface area contributed by atoms with Gasteiger partial charge in [-0.1, -0.05) is 60.1 Å². The maximum Gasteiger partial charge on any atom is 0.338 e. The zero-order valence-corrected chi connectivity index (χ0v) is 19.7. The van der Waals surface area contributed by atoms with Crippen LogP contribution >= 0.6 is 11.6 Å². The summed E-state index contributed by atoms with van der Waals surface area (Å²) in [5, 5.41) is 7.86. The maximum absolute atomic E-state index is 12.5. The number of nitrogens with one attached hydrogen (secondary N) is 1. The van der Waals surface area contributed by atoms with Crippen LogP contribution < -0.4 is 5.32 Å². The van der Waals surface area contributed by atoms with Crippen LogP contribution in [0.2, 0.25) is 5.02 Å². The molecule has 1 N–H and O–H groups in total. The molecule has 4 rings (SSSR count). The number of aryl methyl sites for hydroxylation is 1. The predicted molar refractivity (Wildman–Crippen MR) is 133 cm³/mol. The molecule has 0 fully saturated rings. The van der Waals surface area contributed by atoms with Crippen LogP contribution in [0.25, 0.3) is 5.69 Å². The van der Waals surface area contributed by atoms with E-state index in [2.05, 4.69) is 10.4 Å². The molecule has 7 heteroatoms. The van der Waals surface area contributed by atoms with Gasteiger partial charge in [-0.2, -0.15) is 5.10 Å². The second-order valence-corrected chi connectivity index (χ2v) is 8.27. The van der Waals surface area contributed by atoms with Gasteiger partial charge in [0.05, 0.1) is 27.7 Å². The molecule has 0 aliphatic heterocycles. The van der Waals surface area contributed by atoms with Gasteiger partial charge in [-0.25, -0.2) is 9.48 Å². The standard InChI is InChI=1S/C27H24ClN3O3/c1-18-26(28)19(2)31(30-18)23-14-12-21(13-15-23)27(33)34-17-25(32)29-24-11-7-6-10-22(24)16-20-8-4-3-5-9-20/h3-15H,16-17H2,1-2H3,(H,29,32). The van der Waals surface area contributed by atoms with Gasteiger partial charge in [0.2, 0.25) is 0 Å². The van der Waals surface area contributed by atoms with Crippen LogP contribution in [-0.4, -0.2) is 28.3 Å². The fourth-order valence-corrected chi connectivity index (χ4v) is 3.74. The number of esters is 1. The Morgan fingerprint density at radius 3 is 2.29 bits per heavy atom. The number of hydrogen-bond donors (Lipinski definition) is 1. The van der Waals surface area contributed by atoms with Gasteiger partial charge in [0, 0.05) is 5.69 Å². The lowest BCUT2D eigenvalue weighted by atomic mass is 10.0. The van der Waals surface area contributed by atoms with Crippen molar-refractivity contribution >= 4 is 29.2 Å². The van der Waals surface area contributed by atoms with Gasteiger partial charge in [0.1, 0.15) is 0 Å². The average molecular weight is 474 g/mol. The van der Waals surface area contributed by atoms with Gasteiger partial charge in [0.15, 0.2) is 6.61 Å². The number of aromatic nitrogens is 2. The first-order chi connectivity index (χ1) is 16.4. The van der Waals surface area contributed by atoms with E-state index >= 15 is 0 Å². The van der Waals surface area contributed by atoms with E-state index in [1.807, 2.05) is 68.4 Å². The minimum Gasteiger partial charge on any atom is -0.452 e. The van der Waals surface area contributed by atoms with E-state index in [0.29, 0.717) is 22.7 Å². The number of benzene rings is 3. The summed E-state index contributed by atoms with van der Waals surface area (Å²) in [5.74, 6) is -0.978. The van der Waals surface area contributed by atoms with Crippen molar-refractivity contribution in [1.29, 1.82) is 0 Å². The zero-order chi connectivity index (χ0) is 24.1. The molecule has 34 heavy (non-hydrogen) atoms. The van der Waals surface area contributed by atoms with Crippen molar-refractivity contribution in [3.05, 3.63) is 112 Å². The summed E-state index contributed by atoms with van der Waals surface area (Å²) in [4.78, 5) is 24.9. The number of nitrogens with zero attached hydrogens (tertiary/aromatic N) is 2. The third-order valence-corrected chi connectivity index (χ3v) is 5.96. The van der Waals surface area contributed by atoms with Gasteiger partial charge >= 0.3 is 5.97 Å². The number of carbonyl (C=O) groups excluding carboxylic acids is 2. The van der Waals surface area contributed by atoms with Crippen molar-refractivity contribution in [2.24, 2.45) is 0 Å². The summed E-state index contributed by atoms with van der Waals surface area (Å²) in [5.41, 5.74) is 5.48. The van der Waals surface area contributed by atoms with Crippen LogP contribution in [0.4, 0.5) is 5.69 Å². The highest BCUT2D eigenvalue weighted by molar-refractivity contribution is 6.31. The fourth-order valence-electron chi connectivity index (χ4n) is 3.63. The Morgan fingerprint density at radius 2 is 1.62 bits per heavy atom. The van der Waals surface area contributed by atoms with E-state index in [-0.39, 0.29) is 6.61 Å². The van der Waals surface area contributed by atoms with Crippen molar-refractivity contribution in [3.8, 4) is 5.69 Å². The molecule has 1 aromatic heterocycles. The summed E-state index contributed by atoms with van der Waals surface area (Å²) < 4.78 is 6.93. The van der Waals surface area contributed by atoms with E-state index in [1.54, 1.807) is 28.9 Å². The molecule has 1 amide bonds. The summed E-state index contributed by atoms with van der Waals surface area (Å²) >= 11 is 6.21. The topological polar surface area (TPSA) is 73.2 Å². The molecule has 1 heterocycles. The monoisotopic (exact) mass is 473 g/mol. The number of hydrogen-bond acceptors (Lipinski definition) is 4. The predicted octanol–water partition coefficient (Wildman–Crippen LogP) is 5.53. The molecule has 0 saturated heterocycles. The molecule has 0 saturated carbocycles. The lowest BCUT2D eigenvalue weighted by Gasteiger charge is -2.12. The molecule has 0 bridgehead atoms. The minimum absolute atomic E-state index is 0.341. The number of ether oxygens (including phenoxy) is 1. The van der Waals surface area contributed by atoms with E-state index in [1.165, 1.54) is 0 Å². The van der Waals surface area contributed by atoms with Gasteiger partial charge in [0.25, 0.3) is 5.91 Å². The fraction of sp³-hybridized carbons (Fsp3) is 0.148. The third-order valence-electron chi connectivity index (χ3n) is 5.41. The van der Waals surface area contributed by atoms with E-state index in [9.17, 15) is 9.59 Å². The van der Waals surface area contributed by atoms with Gasteiger partial charge < -0.3 is 10.1 Å². The summed E-state index contributed by atoms with van der Waals surface area (Å²) in [6.07, 6.45) is 0.684. The van der Waals surface area contributed by atoms with Crippen LogP contribution in [-0.2, 0) is 16.0 Å². The molecule has 6 nitrogen and oxygen atoms in total. The van der Waals surface area contributed by atoms with Crippen molar-refractivity contribution in [1.82, 2.24) is 9.78 Å². The maximum atomic E-state index is 12.5. The number of anilines is 1. The molecule has 172 valence electrons. The Kier molecular flexibility index (Phi) is 7.09. The zero-order valence-electron chi connectivity index (χ0n) is 18.9. The van der Waals surface area contributed by atoms with Crippen molar-refractivity contribution < 1.29 is 14.3 Å². The van der Waals surface area contributed by atoms with E-state index in [4.69, 9.17) is 16.3 Å². The molecule has 0 spiro atoms. The Hall–Kier alpha value is -3.90.